The number of aromatic nitrogens is 2. The minimum Gasteiger partial charge on any atom is -0.456 e. The van der Waals surface area contributed by atoms with Crippen LogP contribution in [-0.2, 0) is 0 Å². The third kappa shape index (κ3) is 4.45. The van der Waals surface area contributed by atoms with Crippen molar-refractivity contribution in [2.75, 3.05) is 20.1 Å². The summed E-state index contributed by atoms with van der Waals surface area (Å²) in [4.78, 5) is 23.9. The highest BCUT2D eigenvalue weighted by molar-refractivity contribution is 6.31. The molecular formula is C26H27ClN4O2. The standard InChI is InChI=1S/C26H27ClN4O2/c1-16-8-18(4-5-22(16)25(32)30-19-11-26(12-19)14-31(3)15-26)24-10-20(6-7-28-24)33-21-9-23(27)17(2)29-13-21/h4-10,13,19H,11-12,14-15H2,1-3H3,(H,30,32). The second-order valence-electron chi connectivity index (χ2n) is 9.50. The molecule has 2 aliphatic rings. The van der Waals surface area contributed by atoms with Gasteiger partial charge in [-0.05, 0) is 62.9 Å². The van der Waals surface area contributed by atoms with Gasteiger partial charge in [0.1, 0.15) is 11.5 Å². The van der Waals surface area contributed by atoms with E-state index < -0.39 is 0 Å². The smallest absolute Gasteiger partial charge is 0.251 e. The number of pyridine rings is 2. The van der Waals surface area contributed by atoms with Crippen molar-refractivity contribution in [1.82, 2.24) is 20.2 Å². The first-order chi connectivity index (χ1) is 15.8. The van der Waals surface area contributed by atoms with Gasteiger partial charge in [-0.3, -0.25) is 14.8 Å². The molecule has 3 aromatic rings. The quantitative estimate of drug-likeness (QED) is 0.576. The van der Waals surface area contributed by atoms with Gasteiger partial charge in [0.15, 0.2) is 0 Å². The summed E-state index contributed by atoms with van der Waals surface area (Å²) in [5.74, 6) is 1.21. The van der Waals surface area contributed by atoms with Crippen LogP contribution in [0.4, 0.5) is 0 Å². The fourth-order valence-electron chi connectivity index (χ4n) is 5.10. The van der Waals surface area contributed by atoms with Gasteiger partial charge in [0, 0.05) is 48.6 Å². The minimum absolute atomic E-state index is 0.000344. The number of hydrogen-bond donors (Lipinski definition) is 1. The lowest BCUT2D eigenvalue weighted by Crippen LogP contribution is -2.65. The van der Waals surface area contributed by atoms with E-state index in [2.05, 4.69) is 27.2 Å². The first kappa shape index (κ1) is 21.9. The molecule has 5 rings (SSSR count). The van der Waals surface area contributed by atoms with Crippen LogP contribution in [0.25, 0.3) is 11.3 Å². The van der Waals surface area contributed by atoms with Crippen molar-refractivity contribution in [3.8, 4) is 22.8 Å². The summed E-state index contributed by atoms with van der Waals surface area (Å²) >= 11 is 6.15. The van der Waals surface area contributed by atoms with Gasteiger partial charge < -0.3 is 15.0 Å². The van der Waals surface area contributed by atoms with Gasteiger partial charge in [-0.1, -0.05) is 17.7 Å². The third-order valence-corrected chi connectivity index (χ3v) is 7.02. The Morgan fingerprint density at radius 2 is 1.91 bits per heavy atom. The van der Waals surface area contributed by atoms with Crippen LogP contribution >= 0.6 is 11.6 Å². The van der Waals surface area contributed by atoms with Crippen LogP contribution in [0, 0.1) is 19.3 Å². The molecule has 0 atom stereocenters. The van der Waals surface area contributed by atoms with Gasteiger partial charge in [0.25, 0.3) is 5.91 Å². The van der Waals surface area contributed by atoms with E-state index in [4.69, 9.17) is 16.3 Å². The van der Waals surface area contributed by atoms with E-state index in [-0.39, 0.29) is 11.9 Å². The van der Waals surface area contributed by atoms with E-state index in [1.165, 1.54) is 0 Å². The van der Waals surface area contributed by atoms with Crippen molar-refractivity contribution >= 4 is 17.5 Å². The number of rotatable bonds is 5. The summed E-state index contributed by atoms with van der Waals surface area (Å²) in [6, 6.07) is 11.5. The van der Waals surface area contributed by atoms with Gasteiger partial charge in [-0.25, -0.2) is 0 Å². The van der Waals surface area contributed by atoms with Crippen LogP contribution in [-0.4, -0.2) is 47.0 Å². The Balaban J connectivity index is 1.26. The monoisotopic (exact) mass is 462 g/mol. The van der Waals surface area contributed by atoms with E-state index in [0.29, 0.717) is 27.5 Å². The molecule has 2 aromatic heterocycles. The number of ether oxygens (including phenoxy) is 1. The summed E-state index contributed by atoms with van der Waals surface area (Å²) in [6.45, 7) is 6.10. The molecule has 0 bridgehead atoms. The maximum absolute atomic E-state index is 12.8. The molecule has 0 unspecified atom stereocenters. The molecule has 2 fully saturated rings. The van der Waals surface area contributed by atoms with Crippen LogP contribution in [0.3, 0.4) is 0 Å². The minimum atomic E-state index is 0.000344. The Morgan fingerprint density at radius 3 is 2.61 bits per heavy atom. The van der Waals surface area contributed by atoms with E-state index in [1.54, 1.807) is 24.5 Å². The molecule has 1 saturated heterocycles. The Hall–Kier alpha value is -2.96. The number of aryl methyl sites for hydroxylation is 2. The number of amides is 1. The summed E-state index contributed by atoms with van der Waals surface area (Å²) in [5, 5.41) is 3.76. The fraction of sp³-hybridized carbons (Fsp3) is 0.346. The highest BCUT2D eigenvalue weighted by Crippen LogP contribution is 2.47. The highest BCUT2D eigenvalue weighted by atomic mass is 35.5. The maximum Gasteiger partial charge on any atom is 0.251 e. The first-order valence-corrected chi connectivity index (χ1v) is 11.5. The van der Waals surface area contributed by atoms with Gasteiger partial charge >= 0.3 is 0 Å². The molecule has 1 aliphatic carbocycles. The topological polar surface area (TPSA) is 67.3 Å². The zero-order valence-electron chi connectivity index (χ0n) is 19.1. The number of nitrogens with one attached hydrogen (secondary N) is 1. The van der Waals surface area contributed by atoms with Crippen molar-refractivity contribution in [3.63, 3.8) is 0 Å². The van der Waals surface area contributed by atoms with E-state index in [1.807, 2.05) is 38.1 Å². The second kappa shape index (κ2) is 8.43. The van der Waals surface area contributed by atoms with E-state index in [0.717, 1.165) is 48.4 Å². The van der Waals surface area contributed by atoms with E-state index >= 15 is 0 Å². The molecule has 1 amide bonds. The lowest BCUT2D eigenvalue weighted by Gasteiger charge is -2.58. The molecule has 7 heteroatoms. The van der Waals surface area contributed by atoms with Crippen molar-refractivity contribution in [2.24, 2.45) is 5.41 Å². The number of nitrogens with zero attached hydrogens (tertiary/aromatic N) is 3. The molecule has 1 N–H and O–H groups in total. The summed E-state index contributed by atoms with van der Waals surface area (Å²) in [5.41, 5.74) is 4.53. The van der Waals surface area contributed by atoms with E-state index in [9.17, 15) is 4.79 Å². The fourth-order valence-corrected chi connectivity index (χ4v) is 5.26. The number of carbonyl (C=O) groups is 1. The SMILES string of the molecule is Cc1cc(-c2cc(Oc3cnc(C)c(Cl)c3)ccn2)ccc1C(=O)NC1CC2(C1)CN(C)C2. The highest BCUT2D eigenvalue weighted by Gasteiger charge is 2.51. The Bertz CT molecular complexity index is 1210. The maximum atomic E-state index is 12.8. The summed E-state index contributed by atoms with van der Waals surface area (Å²) in [6.07, 6.45) is 5.51. The normalized spacial score (nSPS) is 17.3. The van der Waals surface area contributed by atoms with Crippen LogP contribution in [0.15, 0.2) is 48.8 Å². The summed E-state index contributed by atoms with van der Waals surface area (Å²) in [7, 11) is 2.15. The van der Waals surface area contributed by atoms with Crippen molar-refractivity contribution in [3.05, 3.63) is 70.6 Å². The lowest BCUT2D eigenvalue weighted by atomic mass is 9.61. The second-order valence-corrected chi connectivity index (χ2v) is 9.90. The van der Waals surface area contributed by atoms with Gasteiger partial charge in [-0.15, -0.1) is 0 Å². The van der Waals surface area contributed by atoms with Gasteiger partial charge in [0.05, 0.1) is 22.6 Å². The zero-order valence-corrected chi connectivity index (χ0v) is 19.8. The first-order valence-electron chi connectivity index (χ1n) is 11.2. The van der Waals surface area contributed by atoms with Gasteiger partial charge in [-0.2, -0.15) is 0 Å². The molecule has 1 saturated carbocycles. The van der Waals surface area contributed by atoms with Crippen LogP contribution < -0.4 is 10.1 Å². The average Bonchev–Trinajstić information content (AvgIpc) is 2.74. The Morgan fingerprint density at radius 1 is 1.12 bits per heavy atom. The molecule has 33 heavy (non-hydrogen) atoms. The van der Waals surface area contributed by atoms with Crippen LogP contribution in [0.2, 0.25) is 5.02 Å². The molecule has 1 aliphatic heterocycles. The zero-order chi connectivity index (χ0) is 23.2. The summed E-state index contributed by atoms with van der Waals surface area (Å²) < 4.78 is 5.91. The molecule has 3 heterocycles. The predicted molar refractivity (Wildman–Crippen MR) is 129 cm³/mol. The molecule has 1 spiro atoms. The Kier molecular flexibility index (Phi) is 5.59. The largest absolute Gasteiger partial charge is 0.456 e. The Labute approximate surface area is 199 Å². The third-order valence-electron chi connectivity index (χ3n) is 6.64. The molecule has 1 aromatic carbocycles. The number of carbonyl (C=O) groups excluding carboxylic acids is 1. The van der Waals surface area contributed by atoms with Crippen molar-refractivity contribution in [2.45, 2.75) is 32.7 Å². The number of benzene rings is 1. The van der Waals surface area contributed by atoms with Crippen molar-refractivity contribution in [1.29, 1.82) is 0 Å². The van der Waals surface area contributed by atoms with Gasteiger partial charge in [0.2, 0.25) is 0 Å². The van der Waals surface area contributed by atoms with Crippen molar-refractivity contribution < 1.29 is 9.53 Å². The van der Waals surface area contributed by atoms with Crippen LogP contribution in [0.5, 0.6) is 11.5 Å². The molecule has 6 nitrogen and oxygen atoms in total. The predicted octanol–water partition coefficient (Wildman–Crippen LogP) is 5.03. The number of hydrogen-bond acceptors (Lipinski definition) is 5. The number of halogens is 1. The number of likely N-dealkylation sites (tertiary alicyclic amines) is 1. The molecule has 170 valence electrons. The molecule has 0 radical (unpaired) electrons. The molecular weight excluding hydrogens is 436 g/mol. The van der Waals surface area contributed by atoms with Crippen LogP contribution in [0.1, 0.15) is 34.5 Å². The average molecular weight is 463 g/mol. The lowest BCUT2D eigenvalue weighted by molar-refractivity contribution is -0.0625.